The van der Waals surface area contributed by atoms with Crippen LogP contribution < -0.4 is 0 Å². The minimum absolute atomic E-state index is 0.187. The normalized spacial score (nSPS) is 11.6. The van der Waals surface area contributed by atoms with Gasteiger partial charge in [-0.15, -0.1) is 0 Å². The van der Waals surface area contributed by atoms with Gasteiger partial charge in [0.05, 0.1) is 0 Å². The van der Waals surface area contributed by atoms with Gasteiger partial charge in [-0.3, -0.25) is 0 Å². The van der Waals surface area contributed by atoms with E-state index in [1.54, 1.807) is 0 Å². The number of fused-ring (bicyclic) bond motifs is 2. The van der Waals surface area contributed by atoms with Crippen LogP contribution in [0.25, 0.3) is 54.9 Å². The van der Waals surface area contributed by atoms with Gasteiger partial charge >= 0.3 is 0 Å². The highest BCUT2D eigenvalue weighted by Crippen LogP contribution is 2.34. The Balaban J connectivity index is 0.000000166. The van der Waals surface area contributed by atoms with Crippen molar-refractivity contribution in [3.05, 3.63) is 312 Å². The number of hydrogen-bond donors (Lipinski definition) is 0. The highest BCUT2D eigenvalue weighted by Gasteiger charge is 2.19. The number of benzene rings is 11. The average Bonchev–Trinajstić information content (AvgIpc) is 3.00. The second-order valence-corrected chi connectivity index (χ2v) is 28.8. The van der Waals surface area contributed by atoms with Gasteiger partial charge in [-0.25, -0.2) is 0 Å². The monoisotopic (exact) mass is 1130 g/mol. The molecule has 444 valence electrons. The van der Waals surface area contributed by atoms with Crippen LogP contribution in [0.1, 0.15) is 158 Å². The molecule has 0 aromatic heterocycles. The molecule has 86 heavy (non-hydrogen) atoms. The van der Waals surface area contributed by atoms with E-state index in [1.165, 1.54) is 88.3 Å². The quantitative estimate of drug-likeness (QED) is 0.165. The molecule has 0 spiro atoms. The molecule has 0 atom stereocenters. The SMILES string of the molecule is CC(C)(C)c1ccc(-c2ccccc2)cc1.CC(C)(C)c1ccc2ccccc2c1.CC(C)(C)c1cccc(-c2ccccc2)c1.CC(C)(C)c1cccc2ccccc12.CC(C)(C)c1ccccc1.CC(C)(C)c1ccccc1-c1ccccc1. The molecule has 0 heteroatoms. The lowest BCUT2D eigenvalue weighted by molar-refractivity contribution is 0.590. The molecule has 11 aromatic carbocycles. The molecule has 0 aliphatic rings. The average molecular weight is 1130 g/mol. The van der Waals surface area contributed by atoms with Crippen molar-refractivity contribution >= 4 is 21.5 Å². The van der Waals surface area contributed by atoms with Gasteiger partial charge in [-0.1, -0.05) is 404 Å². The van der Waals surface area contributed by atoms with Crippen molar-refractivity contribution in [2.24, 2.45) is 0 Å². The molecule has 0 heterocycles. The minimum Gasteiger partial charge on any atom is -0.0622 e. The van der Waals surface area contributed by atoms with Gasteiger partial charge in [0, 0.05) is 0 Å². The van der Waals surface area contributed by atoms with Gasteiger partial charge < -0.3 is 0 Å². The molecule has 0 unspecified atom stereocenters. The minimum atomic E-state index is 0.187. The second kappa shape index (κ2) is 29.8. The maximum atomic E-state index is 2.29. The Morgan fingerprint density at radius 1 is 0.174 bits per heavy atom. The lowest BCUT2D eigenvalue weighted by atomic mass is 9.82. The molecule has 0 aliphatic heterocycles. The maximum Gasteiger partial charge on any atom is -0.0126 e. The summed E-state index contributed by atoms with van der Waals surface area (Å²) in [5, 5.41) is 5.36. The summed E-state index contributed by atoms with van der Waals surface area (Å²) in [6, 6.07) is 98.8. The third-order valence-electron chi connectivity index (χ3n) is 15.4. The van der Waals surface area contributed by atoms with Gasteiger partial charge in [0.25, 0.3) is 0 Å². The Morgan fingerprint density at radius 2 is 0.500 bits per heavy atom. The summed E-state index contributed by atoms with van der Waals surface area (Å²) in [5.74, 6) is 0. The third kappa shape index (κ3) is 20.6. The van der Waals surface area contributed by atoms with Gasteiger partial charge in [0.15, 0.2) is 0 Å². The van der Waals surface area contributed by atoms with E-state index in [2.05, 4.69) is 398 Å². The summed E-state index contributed by atoms with van der Waals surface area (Å²) in [6.07, 6.45) is 0. The van der Waals surface area contributed by atoms with Crippen LogP contribution >= 0.6 is 0 Å². The molecule has 11 rings (SSSR count). The van der Waals surface area contributed by atoms with Crippen molar-refractivity contribution in [2.45, 2.75) is 157 Å². The number of hydrogen-bond acceptors (Lipinski definition) is 0. The van der Waals surface area contributed by atoms with E-state index < -0.39 is 0 Å². The highest BCUT2D eigenvalue weighted by molar-refractivity contribution is 5.86. The summed E-state index contributed by atoms with van der Waals surface area (Å²) in [5.41, 5.74) is 17.6. The predicted molar refractivity (Wildman–Crippen MR) is 382 cm³/mol. The Labute approximate surface area is 521 Å². The Bertz CT molecular complexity index is 3730. The molecule has 0 aliphatic carbocycles. The maximum absolute atomic E-state index is 2.29. The van der Waals surface area contributed by atoms with E-state index in [0.717, 1.165) is 0 Å². The molecule has 0 radical (unpaired) electrons. The number of rotatable bonds is 3. The molecule has 11 aromatic rings. The molecular weight excluding hydrogens is 1030 g/mol. The van der Waals surface area contributed by atoms with Crippen molar-refractivity contribution in [1.29, 1.82) is 0 Å². The van der Waals surface area contributed by atoms with E-state index in [4.69, 9.17) is 0 Å². The fraction of sp³-hybridized carbons (Fsp3) is 0.279. The van der Waals surface area contributed by atoms with Crippen LogP contribution in [0.2, 0.25) is 0 Å². The van der Waals surface area contributed by atoms with Gasteiger partial charge in [0.1, 0.15) is 0 Å². The van der Waals surface area contributed by atoms with Crippen LogP contribution in [0.4, 0.5) is 0 Å². The zero-order chi connectivity index (χ0) is 62.8. The zero-order valence-corrected chi connectivity index (χ0v) is 55.6. The van der Waals surface area contributed by atoms with Crippen LogP contribution in [0, 0.1) is 0 Å². The first-order valence-corrected chi connectivity index (χ1v) is 31.0. The van der Waals surface area contributed by atoms with E-state index in [0.29, 0.717) is 5.41 Å². The van der Waals surface area contributed by atoms with E-state index in [-0.39, 0.29) is 27.1 Å². The van der Waals surface area contributed by atoms with E-state index in [1.807, 2.05) is 6.07 Å². The lowest BCUT2D eigenvalue weighted by Crippen LogP contribution is -2.12. The Morgan fingerprint density at radius 3 is 1.00 bits per heavy atom. The molecule has 0 fully saturated rings. The topological polar surface area (TPSA) is 0 Å². The molecular formula is C86H100. The van der Waals surface area contributed by atoms with Gasteiger partial charge in [-0.05, 0) is 121 Å². The highest BCUT2D eigenvalue weighted by atomic mass is 14.2. The van der Waals surface area contributed by atoms with Crippen molar-refractivity contribution < 1.29 is 0 Å². The zero-order valence-electron chi connectivity index (χ0n) is 55.6. The van der Waals surface area contributed by atoms with Crippen LogP contribution in [0.5, 0.6) is 0 Å². The first kappa shape index (κ1) is 67.1. The van der Waals surface area contributed by atoms with E-state index in [9.17, 15) is 0 Å². The van der Waals surface area contributed by atoms with Crippen molar-refractivity contribution in [3.63, 3.8) is 0 Å². The largest absolute Gasteiger partial charge is 0.0622 e. The first-order valence-electron chi connectivity index (χ1n) is 31.0. The van der Waals surface area contributed by atoms with Crippen LogP contribution in [0.15, 0.2) is 279 Å². The molecule has 0 amide bonds. The first-order chi connectivity index (χ1) is 40.5. The second-order valence-electron chi connectivity index (χ2n) is 28.8. The standard InChI is InChI=1S/3C16H18.2C14H16.C10H14/c1-16(2,3)15-12-8-7-11-14(15)13-9-5-4-6-10-13;1-16(2,3)15-11-7-10-14(12-15)13-8-5-4-6-9-13;1-16(2,3)15-11-9-14(10-12-15)13-7-5-4-6-8-13;1-14(2,3)13-10-6-8-11-7-4-5-9-12(11)13;1-14(2,3)13-9-8-11-6-4-5-7-12(11)10-13;1-10(2,3)9-7-5-4-6-8-9/h3*4-12H,1-3H3;2*4-10H,1-3H3;4-8H,1-3H3. The van der Waals surface area contributed by atoms with Gasteiger partial charge in [0.2, 0.25) is 0 Å². The summed E-state index contributed by atoms with van der Waals surface area (Å²) < 4.78 is 0. The lowest BCUT2D eigenvalue weighted by Gasteiger charge is -2.23. The Hall–Kier alpha value is -8.06. The summed E-state index contributed by atoms with van der Waals surface area (Å²) in [7, 11) is 0. The van der Waals surface area contributed by atoms with Gasteiger partial charge in [-0.2, -0.15) is 0 Å². The van der Waals surface area contributed by atoms with Crippen LogP contribution in [0.3, 0.4) is 0 Å². The molecule has 0 saturated carbocycles. The Kier molecular flexibility index (Phi) is 23.3. The summed E-state index contributed by atoms with van der Waals surface area (Å²) in [4.78, 5) is 0. The summed E-state index contributed by atoms with van der Waals surface area (Å²) >= 11 is 0. The fourth-order valence-corrected chi connectivity index (χ4v) is 10.1. The predicted octanol–water partition coefficient (Wildman–Crippen LogP) is 25.2. The smallest absolute Gasteiger partial charge is 0.0126 e. The van der Waals surface area contributed by atoms with Crippen molar-refractivity contribution in [2.75, 3.05) is 0 Å². The van der Waals surface area contributed by atoms with Crippen molar-refractivity contribution in [1.82, 2.24) is 0 Å². The molecule has 0 bridgehead atoms. The van der Waals surface area contributed by atoms with Crippen LogP contribution in [-0.2, 0) is 32.5 Å². The molecule has 0 saturated heterocycles. The molecule has 0 nitrogen and oxygen atoms in total. The summed E-state index contributed by atoms with van der Waals surface area (Å²) in [6.45, 7) is 40.4. The van der Waals surface area contributed by atoms with Crippen molar-refractivity contribution in [3.8, 4) is 33.4 Å². The fourth-order valence-electron chi connectivity index (χ4n) is 10.1. The van der Waals surface area contributed by atoms with E-state index >= 15 is 0 Å². The molecule has 0 N–H and O–H groups in total. The van der Waals surface area contributed by atoms with Crippen LogP contribution in [-0.4, -0.2) is 0 Å². The third-order valence-corrected chi connectivity index (χ3v) is 15.4.